The van der Waals surface area contributed by atoms with Gasteiger partial charge < -0.3 is 78.1 Å². The highest BCUT2D eigenvalue weighted by molar-refractivity contribution is 5.86. The van der Waals surface area contributed by atoms with Crippen LogP contribution in [0, 0.1) is 41.4 Å². The highest BCUT2D eigenvalue weighted by Gasteiger charge is 2.44. The molecule has 4 rings (SSSR count). The number of carbonyl (C=O) groups is 12. The molecule has 13 unspecified atom stereocenters. The minimum atomic E-state index is -0.757. The Labute approximate surface area is 680 Å². The van der Waals surface area contributed by atoms with Gasteiger partial charge in [0.25, 0.3) is 0 Å². The molecule has 114 heavy (non-hydrogen) atoms. The molecule has 0 saturated heterocycles. The summed E-state index contributed by atoms with van der Waals surface area (Å²) >= 11 is 0. The Kier molecular flexibility index (Phi) is 52.9. The molecule has 0 aromatic heterocycles. The van der Waals surface area contributed by atoms with Crippen LogP contribution in [0.15, 0.2) is 0 Å². The van der Waals surface area contributed by atoms with Gasteiger partial charge in [-0.25, -0.2) is 0 Å². The summed E-state index contributed by atoms with van der Waals surface area (Å²) in [5.41, 5.74) is -0.515. The van der Waals surface area contributed by atoms with E-state index >= 15 is 0 Å². The first kappa shape index (κ1) is 103. The van der Waals surface area contributed by atoms with Gasteiger partial charge in [-0.15, -0.1) is 0 Å². The van der Waals surface area contributed by atoms with Crippen LogP contribution in [0.1, 0.15) is 272 Å². The smallest absolute Gasteiger partial charge is 0.323 e. The summed E-state index contributed by atoms with van der Waals surface area (Å²) in [5.74, 6) is -1.73. The topological polar surface area (TPSA) is 388 Å². The largest absolute Gasteiger partial charge is 0.466 e. The highest BCUT2D eigenvalue weighted by Crippen LogP contribution is 2.44. The molecule has 6 N–H and O–H groups in total. The first-order chi connectivity index (χ1) is 54.4. The lowest BCUT2D eigenvalue weighted by Gasteiger charge is -2.46. The van der Waals surface area contributed by atoms with Crippen molar-refractivity contribution in [3.05, 3.63) is 0 Å². The molecule has 0 heterocycles. The lowest BCUT2D eigenvalue weighted by atomic mass is 9.66. The molecule has 0 radical (unpaired) electrons. The van der Waals surface area contributed by atoms with Crippen LogP contribution in [0.2, 0.25) is 0 Å². The molecule has 0 aromatic carbocycles. The van der Waals surface area contributed by atoms with Crippen LogP contribution >= 0.6 is 0 Å². The number of ether oxygens (including phenoxy) is 12. The van der Waals surface area contributed by atoms with Crippen molar-refractivity contribution in [3.8, 4) is 0 Å². The van der Waals surface area contributed by atoms with E-state index in [0.717, 1.165) is 109 Å². The maximum Gasteiger partial charge on any atom is 0.323 e. The Hall–Kier alpha value is -6.60. The van der Waals surface area contributed by atoms with E-state index in [9.17, 15) is 57.5 Å². The summed E-state index contributed by atoms with van der Waals surface area (Å²) in [7, 11) is 0. The van der Waals surface area contributed by atoms with Crippen LogP contribution in [0.25, 0.3) is 0 Å². The summed E-state index contributed by atoms with van der Waals surface area (Å²) in [6.07, 6.45) is 17.8. The van der Waals surface area contributed by atoms with Gasteiger partial charge in [-0.05, 0) is 267 Å². The Morgan fingerprint density at radius 2 is 0.675 bits per heavy atom. The number of esters is 12. The van der Waals surface area contributed by atoms with Crippen molar-refractivity contribution in [1.82, 2.24) is 31.9 Å². The van der Waals surface area contributed by atoms with Crippen LogP contribution in [0.5, 0.6) is 0 Å². The van der Waals surface area contributed by atoms with Gasteiger partial charge >= 0.3 is 71.6 Å². The van der Waals surface area contributed by atoms with E-state index < -0.39 is 108 Å². The third kappa shape index (κ3) is 41.5. The van der Waals surface area contributed by atoms with Gasteiger partial charge in [0.1, 0.15) is 36.3 Å². The van der Waals surface area contributed by atoms with Crippen LogP contribution in [0.3, 0.4) is 0 Å². The lowest BCUT2D eigenvalue weighted by molar-refractivity contribution is -0.153. The van der Waals surface area contributed by atoms with Gasteiger partial charge in [-0.1, -0.05) is 20.8 Å². The third-order valence-electron chi connectivity index (χ3n) is 21.9. The summed E-state index contributed by atoms with van der Waals surface area (Å²) in [6, 6.07) is -3.98. The lowest BCUT2D eigenvalue weighted by Crippen LogP contribution is -2.57. The average molecular weight is 1630 g/mol. The van der Waals surface area contributed by atoms with Crippen molar-refractivity contribution >= 4 is 71.6 Å². The molecule has 4 aliphatic rings. The summed E-state index contributed by atoms with van der Waals surface area (Å²) in [6.45, 7) is 35.8. The molecular weight excluding hydrogens is 1480 g/mol. The summed E-state index contributed by atoms with van der Waals surface area (Å²) < 4.78 is 61.1. The number of nitrogens with one attached hydrogen (secondary N) is 6. The fraction of sp³-hybridized carbons (Fsp3) is 0.857. The van der Waals surface area contributed by atoms with E-state index in [-0.39, 0.29) is 147 Å². The van der Waals surface area contributed by atoms with E-state index in [2.05, 4.69) is 59.6 Å². The number of carbonyl (C=O) groups excluding carboxylic acids is 12. The van der Waals surface area contributed by atoms with Crippen LogP contribution < -0.4 is 31.9 Å². The molecular formula is C84H148N6O24. The molecule has 30 nitrogen and oxygen atoms in total. The maximum atomic E-state index is 12.7. The van der Waals surface area contributed by atoms with Crippen molar-refractivity contribution in [3.63, 3.8) is 0 Å². The fourth-order valence-electron chi connectivity index (χ4n) is 15.8. The molecule has 13 atom stereocenters. The molecule has 4 fully saturated rings. The van der Waals surface area contributed by atoms with Crippen LogP contribution in [-0.2, 0) is 114 Å². The van der Waals surface area contributed by atoms with E-state index in [1.807, 2.05) is 6.92 Å². The second-order valence-electron chi connectivity index (χ2n) is 31.0. The molecule has 0 aliphatic heterocycles. The van der Waals surface area contributed by atoms with Crippen LogP contribution in [-0.4, -0.2) is 223 Å². The molecule has 0 amide bonds. The number of hydrogen-bond acceptors (Lipinski definition) is 30. The van der Waals surface area contributed by atoms with Gasteiger partial charge in [0.15, 0.2) is 0 Å². The van der Waals surface area contributed by atoms with Gasteiger partial charge in [0.2, 0.25) is 0 Å². The quantitative estimate of drug-likeness (QED) is 0.0187. The average Bonchev–Trinajstić information content (AvgIpc) is 0.776. The maximum absolute atomic E-state index is 12.7. The SMILES string of the molecule is CCOC(=O)CC(NC1CCC(CC2CCC(C)(NC(CC(=O)OCC)C(=O)OCC)C(C)C2)CC1C)C(=O)OCC.CCOC(=O)CC(NC1CCC(CC2CCC(C)(NC(CC(=O)OCC)C(=O)OCC)CC2)CC1)C(=O)OCC.CCOC(=O)CC(NCCCC(C)CNC(CC(=O)OCC)C(=O)OCC)C(=O)OCC. The third-order valence-corrected chi connectivity index (χ3v) is 21.9. The van der Waals surface area contributed by atoms with E-state index in [0.29, 0.717) is 48.6 Å². The van der Waals surface area contributed by atoms with Gasteiger partial charge in [0.05, 0.1) is 118 Å². The number of rotatable bonds is 50. The molecule has 0 bridgehead atoms. The van der Waals surface area contributed by atoms with Crippen molar-refractivity contribution in [2.24, 2.45) is 41.4 Å². The van der Waals surface area contributed by atoms with Crippen molar-refractivity contribution < 1.29 is 114 Å². The van der Waals surface area contributed by atoms with Crippen molar-refractivity contribution in [1.29, 1.82) is 0 Å². The van der Waals surface area contributed by atoms with Crippen molar-refractivity contribution in [2.75, 3.05) is 92.4 Å². The molecule has 658 valence electrons. The first-order valence-electron chi connectivity index (χ1n) is 42.8. The highest BCUT2D eigenvalue weighted by atomic mass is 16.6. The molecule has 30 heteroatoms. The van der Waals surface area contributed by atoms with E-state index in [4.69, 9.17) is 56.8 Å². The monoisotopic (exact) mass is 1630 g/mol. The predicted octanol–water partition coefficient (Wildman–Crippen LogP) is 9.51. The number of hydrogen-bond donors (Lipinski definition) is 6. The summed E-state index contributed by atoms with van der Waals surface area (Å²) in [5, 5.41) is 19.9. The predicted molar refractivity (Wildman–Crippen MR) is 428 cm³/mol. The zero-order chi connectivity index (χ0) is 85.2. The Bertz CT molecular complexity index is 2840. The Morgan fingerprint density at radius 3 is 1.08 bits per heavy atom. The second-order valence-corrected chi connectivity index (χ2v) is 31.0. The van der Waals surface area contributed by atoms with E-state index in [1.165, 1.54) is 6.42 Å². The normalized spacial score (nSPS) is 23.8. The van der Waals surface area contributed by atoms with Gasteiger partial charge in [-0.3, -0.25) is 68.2 Å². The Balaban J connectivity index is 0.000000586. The van der Waals surface area contributed by atoms with Gasteiger partial charge in [-0.2, -0.15) is 0 Å². The standard InChI is InChI=1S/C32H56N2O8.C30H52N2O8.C22H40N2O8/c1-8-39-28(35)19-26(30(37)41-10-3)33-25-13-12-23(16-21(25)5)18-24-14-15-32(7,22(6)17-24)34-27(31(38)42-11-4)20-29(36)40-9-2;1-6-37-26(33)19-24(28(35)39-8-3)31-23-12-10-21(11-13-23)18-22-14-16-30(5,17-15-22)32-25(29(36)40-9-4)20-27(34)38-7-2;1-6-29-19(25)13-17(21(27)31-8-3)23-12-10-11-16(5)15-24-18(22(28)32-9-4)14-20(26)30-7-2/h21-27,33-34H,8-20H2,1-7H3;21-25,31-32H,6-20H2,1-5H3;16-18,23-24H,6-15H2,1-5H3. The van der Waals surface area contributed by atoms with Crippen molar-refractivity contribution in [2.45, 2.75) is 331 Å². The zero-order valence-electron chi connectivity index (χ0n) is 72.3. The minimum absolute atomic E-state index is 0.0156. The first-order valence-corrected chi connectivity index (χ1v) is 42.8. The van der Waals surface area contributed by atoms with Crippen LogP contribution in [0.4, 0.5) is 0 Å². The molecule has 0 aromatic rings. The fourth-order valence-corrected chi connectivity index (χ4v) is 15.8. The summed E-state index contributed by atoms with van der Waals surface area (Å²) in [4.78, 5) is 146. The molecule has 4 aliphatic carbocycles. The minimum Gasteiger partial charge on any atom is -0.466 e. The van der Waals surface area contributed by atoms with E-state index in [1.54, 1.807) is 83.1 Å². The molecule has 4 saturated carbocycles. The second kappa shape index (κ2) is 58.3. The zero-order valence-corrected chi connectivity index (χ0v) is 72.3. The Morgan fingerprint density at radius 1 is 0.351 bits per heavy atom. The van der Waals surface area contributed by atoms with Gasteiger partial charge in [0, 0.05) is 23.2 Å². The molecule has 0 spiro atoms.